The van der Waals surface area contributed by atoms with Crippen LogP contribution in [0.15, 0.2) is 35.9 Å². The van der Waals surface area contributed by atoms with Gasteiger partial charge in [0.2, 0.25) is 0 Å². The molecule has 1 amide bonds. The highest BCUT2D eigenvalue weighted by atomic mass is 32.1. The quantitative estimate of drug-likeness (QED) is 0.480. The van der Waals surface area contributed by atoms with Crippen molar-refractivity contribution in [3.63, 3.8) is 0 Å². The lowest BCUT2D eigenvalue weighted by Crippen LogP contribution is -2.27. The van der Waals surface area contributed by atoms with Gasteiger partial charge in [-0.2, -0.15) is 10.4 Å². The number of rotatable bonds is 6. The summed E-state index contributed by atoms with van der Waals surface area (Å²) in [5.74, 6) is 0.382. The smallest absolute Gasteiger partial charge is 0.261 e. The number of hydrogen-bond acceptors (Lipinski definition) is 4. The first kappa shape index (κ1) is 17.6. The summed E-state index contributed by atoms with van der Waals surface area (Å²) in [6.07, 6.45) is 2.10. The lowest BCUT2D eigenvalue weighted by molar-refractivity contribution is -0.117. The Morgan fingerprint density at radius 1 is 1.46 bits per heavy atom. The number of nitrogens with zero attached hydrogens (tertiary/aromatic N) is 3. The van der Waals surface area contributed by atoms with Gasteiger partial charge in [0.05, 0.1) is 0 Å². The Balaban J connectivity index is 1.99. The van der Waals surface area contributed by atoms with Crippen LogP contribution in [0.1, 0.15) is 31.3 Å². The maximum absolute atomic E-state index is 12.1. The number of aromatic nitrogens is 3. The number of amides is 1. The average Bonchev–Trinajstić information content (AvgIpc) is 2.94. The van der Waals surface area contributed by atoms with Gasteiger partial charge in [0.25, 0.3) is 5.91 Å². The van der Waals surface area contributed by atoms with E-state index in [0.29, 0.717) is 17.7 Å². The van der Waals surface area contributed by atoms with Crippen molar-refractivity contribution in [2.75, 3.05) is 6.54 Å². The van der Waals surface area contributed by atoms with Crippen molar-refractivity contribution in [2.24, 2.45) is 0 Å². The highest BCUT2D eigenvalue weighted by molar-refractivity contribution is 7.71. The monoisotopic (exact) mass is 341 g/mol. The van der Waals surface area contributed by atoms with Gasteiger partial charge in [-0.1, -0.05) is 30.3 Å². The van der Waals surface area contributed by atoms with Gasteiger partial charge in [0.15, 0.2) is 4.77 Å². The third-order valence-electron chi connectivity index (χ3n) is 3.40. The Kier molecular flexibility index (Phi) is 6.04. The first-order chi connectivity index (χ1) is 11.5. The van der Waals surface area contributed by atoms with Gasteiger partial charge in [-0.15, -0.1) is 0 Å². The number of hydrogen-bond donors (Lipinski definition) is 2. The molecule has 124 valence electrons. The molecule has 24 heavy (non-hydrogen) atoms. The maximum atomic E-state index is 12.1. The summed E-state index contributed by atoms with van der Waals surface area (Å²) in [4.78, 5) is 12.1. The lowest BCUT2D eigenvalue weighted by Gasteiger charge is -2.10. The maximum Gasteiger partial charge on any atom is 0.261 e. The number of benzene rings is 1. The van der Waals surface area contributed by atoms with E-state index in [1.165, 1.54) is 0 Å². The highest BCUT2D eigenvalue weighted by Gasteiger charge is 2.11. The van der Waals surface area contributed by atoms with Crippen LogP contribution in [0.4, 0.5) is 0 Å². The van der Waals surface area contributed by atoms with Gasteiger partial charge in [-0.05, 0) is 37.7 Å². The molecular formula is C17H19N5OS. The Morgan fingerprint density at radius 2 is 2.17 bits per heavy atom. The molecular weight excluding hydrogens is 322 g/mol. The Hall–Kier alpha value is -2.72. The average molecular weight is 341 g/mol. The third kappa shape index (κ3) is 4.40. The SMILES string of the molecule is CC(C)n1c(CCNC(=O)/C(C#N)=C\c2ccccc2)n[nH]c1=S. The zero-order chi connectivity index (χ0) is 17.5. The molecule has 2 rings (SSSR count). The van der Waals surface area contributed by atoms with Crippen LogP contribution in [0.25, 0.3) is 6.08 Å². The van der Waals surface area contributed by atoms with Crippen LogP contribution in [-0.4, -0.2) is 27.2 Å². The molecule has 0 saturated heterocycles. The lowest BCUT2D eigenvalue weighted by atomic mass is 10.1. The predicted molar refractivity (Wildman–Crippen MR) is 94.5 cm³/mol. The number of nitriles is 1. The minimum absolute atomic E-state index is 0.0731. The molecule has 0 atom stereocenters. The van der Waals surface area contributed by atoms with Gasteiger partial charge in [-0.25, -0.2) is 0 Å². The molecule has 0 aliphatic carbocycles. The van der Waals surface area contributed by atoms with Gasteiger partial charge in [0.1, 0.15) is 17.5 Å². The van der Waals surface area contributed by atoms with Crippen molar-refractivity contribution in [1.29, 1.82) is 5.26 Å². The standard InChI is InChI=1S/C17H19N5OS/c1-12(2)22-15(20-21-17(22)24)8-9-19-16(23)14(11-18)10-13-6-4-3-5-7-13/h3-7,10,12H,8-9H2,1-2H3,(H,19,23)(H,21,24)/b14-10-. The van der Waals surface area contributed by atoms with Crippen LogP contribution in [-0.2, 0) is 11.2 Å². The summed E-state index contributed by atoms with van der Waals surface area (Å²) >= 11 is 5.19. The van der Waals surface area contributed by atoms with Gasteiger partial charge in [-0.3, -0.25) is 9.89 Å². The van der Waals surface area contributed by atoms with Crippen molar-refractivity contribution < 1.29 is 4.79 Å². The highest BCUT2D eigenvalue weighted by Crippen LogP contribution is 2.09. The molecule has 1 aromatic carbocycles. The van der Waals surface area contributed by atoms with Gasteiger partial charge in [0, 0.05) is 19.0 Å². The summed E-state index contributed by atoms with van der Waals surface area (Å²) in [6, 6.07) is 11.4. The van der Waals surface area contributed by atoms with E-state index in [2.05, 4.69) is 15.5 Å². The van der Waals surface area contributed by atoms with Crippen molar-refractivity contribution in [1.82, 2.24) is 20.1 Å². The zero-order valence-corrected chi connectivity index (χ0v) is 14.4. The molecule has 0 aliphatic heterocycles. The minimum Gasteiger partial charge on any atom is -0.351 e. The van der Waals surface area contributed by atoms with Crippen LogP contribution >= 0.6 is 12.2 Å². The Morgan fingerprint density at radius 3 is 2.79 bits per heavy atom. The molecule has 0 aliphatic rings. The second-order valence-electron chi connectivity index (χ2n) is 5.50. The molecule has 2 aromatic rings. The molecule has 0 bridgehead atoms. The fourth-order valence-electron chi connectivity index (χ4n) is 2.29. The van der Waals surface area contributed by atoms with E-state index in [9.17, 15) is 10.1 Å². The summed E-state index contributed by atoms with van der Waals surface area (Å²) in [5, 5.41) is 18.9. The normalized spacial score (nSPS) is 11.3. The van der Waals surface area contributed by atoms with E-state index in [4.69, 9.17) is 12.2 Å². The molecule has 0 radical (unpaired) electrons. The van der Waals surface area contributed by atoms with Crippen molar-refractivity contribution in [3.8, 4) is 6.07 Å². The molecule has 6 nitrogen and oxygen atoms in total. The van der Waals surface area contributed by atoms with Crippen molar-refractivity contribution in [2.45, 2.75) is 26.3 Å². The topological polar surface area (TPSA) is 86.5 Å². The number of aromatic amines is 1. The van der Waals surface area contributed by atoms with Crippen molar-refractivity contribution >= 4 is 24.2 Å². The number of carbonyl (C=O) groups is 1. The van der Waals surface area contributed by atoms with Crippen LogP contribution in [0.3, 0.4) is 0 Å². The van der Waals surface area contributed by atoms with E-state index in [1.807, 2.05) is 54.8 Å². The summed E-state index contributed by atoms with van der Waals surface area (Å²) < 4.78 is 2.47. The molecule has 0 saturated carbocycles. The number of carbonyl (C=O) groups excluding carboxylic acids is 1. The molecule has 0 fully saturated rings. The Labute approximate surface area is 145 Å². The van der Waals surface area contributed by atoms with E-state index >= 15 is 0 Å². The fraction of sp³-hybridized carbons (Fsp3) is 0.294. The second kappa shape index (κ2) is 8.22. The van der Waals surface area contributed by atoms with E-state index in [-0.39, 0.29) is 11.6 Å². The first-order valence-electron chi connectivity index (χ1n) is 7.63. The molecule has 7 heteroatoms. The van der Waals surface area contributed by atoms with Crippen LogP contribution in [0.2, 0.25) is 0 Å². The van der Waals surface area contributed by atoms with Crippen LogP contribution in [0, 0.1) is 16.1 Å². The molecule has 2 N–H and O–H groups in total. The van der Waals surface area contributed by atoms with Crippen LogP contribution < -0.4 is 5.32 Å². The second-order valence-corrected chi connectivity index (χ2v) is 5.88. The van der Waals surface area contributed by atoms with Crippen molar-refractivity contribution in [3.05, 3.63) is 52.1 Å². The summed E-state index contributed by atoms with van der Waals surface area (Å²) in [5.41, 5.74) is 0.883. The molecule has 1 heterocycles. The van der Waals surface area contributed by atoms with Crippen LogP contribution in [0.5, 0.6) is 0 Å². The Bertz CT molecular complexity index is 827. The number of H-pyrrole nitrogens is 1. The summed E-state index contributed by atoms with van der Waals surface area (Å²) in [7, 11) is 0. The molecule has 1 aromatic heterocycles. The fourth-order valence-corrected chi connectivity index (χ4v) is 2.66. The van der Waals surface area contributed by atoms with E-state index in [1.54, 1.807) is 6.08 Å². The third-order valence-corrected chi connectivity index (χ3v) is 3.69. The van der Waals surface area contributed by atoms with Gasteiger partial charge < -0.3 is 9.88 Å². The molecule has 0 unspecified atom stereocenters. The first-order valence-corrected chi connectivity index (χ1v) is 8.04. The minimum atomic E-state index is -0.397. The summed E-state index contributed by atoms with van der Waals surface area (Å²) in [6.45, 7) is 4.41. The van der Waals surface area contributed by atoms with E-state index in [0.717, 1.165) is 11.4 Å². The van der Waals surface area contributed by atoms with Gasteiger partial charge >= 0.3 is 0 Å². The largest absolute Gasteiger partial charge is 0.351 e. The predicted octanol–water partition coefficient (Wildman–Crippen LogP) is 2.79. The number of nitrogens with one attached hydrogen (secondary N) is 2. The zero-order valence-electron chi connectivity index (χ0n) is 13.6. The molecule has 0 spiro atoms. The van der Waals surface area contributed by atoms with E-state index < -0.39 is 5.91 Å².